The number of rotatable bonds is 7. The quantitative estimate of drug-likeness (QED) is 0.442. The minimum atomic E-state index is -0.562. The first-order valence-corrected chi connectivity index (χ1v) is 7.99. The van der Waals surface area contributed by atoms with Crippen LogP contribution in [0.4, 0.5) is 5.69 Å². The lowest BCUT2D eigenvalue weighted by atomic mass is 10.2. The molecule has 2 aromatic rings. The van der Waals surface area contributed by atoms with E-state index in [2.05, 4.69) is 15.8 Å². The molecule has 2 N–H and O–H groups in total. The van der Waals surface area contributed by atoms with Crippen LogP contribution in [0.15, 0.2) is 47.6 Å². The van der Waals surface area contributed by atoms with Crippen LogP contribution in [0, 0.1) is 0 Å². The van der Waals surface area contributed by atoms with Crippen LogP contribution in [0.1, 0.15) is 12.0 Å². The van der Waals surface area contributed by atoms with E-state index >= 15 is 0 Å². The van der Waals surface area contributed by atoms with E-state index in [4.69, 9.17) is 21.1 Å². The Morgan fingerprint density at radius 3 is 2.58 bits per heavy atom. The normalized spacial score (nSPS) is 10.4. The molecule has 7 nitrogen and oxygen atoms in total. The molecule has 0 aliphatic rings. The highest BCUT2D eigenvalue weighted by Crippen LogP contribution is 2.22. The van der Waals surface area contributed by atoms with Crippen molar-refractivity contribution in [3.8, 4) is 11.5 Å². The Balaban J connectivity index is 1.91. The molecule has 136 valence electrons. The number of hydrazone groups is 1. The molecule has 0 unspecified atom stereocenters. The average Bonchev–Trinajstić information content (AvgIpc) is 2.63. The molecule has 0 aliphatic carbocycles. The summed E-state index contributed by atoms with van der Waals surface area (Å²) >= 11 is 5.95. The van der Waals surface area contributed by atoms with E-state index in [0.29, 0.717) is 27.8 Å². The third-order valence-corrected chi connectivity index (χ3v) is 3.63. The second-order valence-electron chi connectivity index (χ2n) is 5.11. The van der Waals surface area contributed by atoms with Gasteiger partial charge in [-0.15, -0.1) is 0 Å². The zero-order chi connectivity index (χ0) is 18.9. The minimum absolute atomic E-state index is 0.391. The number of benzene rings is 2. The van der Waals surface area contributed by atoms with Crippen molar-refractivity contribution in [2.24, 2.45) is 5.10 Å². The summed E-state index contributed by atoms with van der Waals surface area (Å²) in [6.07, 6.45) is 1.02. The maximum absolute atomic E-state index is 11.9. The van der Waals surface area contributed by atoms with Crippen molar-refractivity contribution in [3.05, 3.63) is 53.1 Å². The Kier molecular flexibility index (Phi) is 6.99. The molecule has 0 saturated heterocycles. The number of hydrogen-bond acceptors (Lipinski definition) is 5. The van der Waals surface area contributed by atoms with E-state index < -0.39 is 18.2 Å². The second-order valence-corrected chi connectivity index (χ2v) is 5.51. The van der Waals surface area contributed by atoms with Gasteiger partial charge in [-0.3, -0.25) is 9.59 Å². The number of nitrogens with one attached hydrogen (secondary N) is 2. The summed E-state index contributed by atoms with van der Waals surface area (Å²) in [7, 11) is 3.07. The molecule has 0 saturated carbocycles. The van der Waals surface area contributed by atoms with Crippen molar-refractivity contribution in [2.75, 3.05) is 19.5 Å². The first-order valence-electron chi connectivity index (χ1n) is 7.61. The molecule has 0 heterocycles. The Hall–Kier alpha value is -3.06. The van der Waals surface area contributed by atoms with E-state index in [1.807, 2.05) is 0 Å². The highest BCUT2D eigenvalue weighted by molar-refractivity contribution is 6.33. The summed E-state index contributed by atoms with van der Waals surface area (Å²) < 4.78 is 10.3. The molecule has 8 heteroatoms. The smallest absolute Gasteiger partial charge is 0.249 e. The lowest BCUT2D eigenvalue weighted by Gasteiger charge is -2.07. The van der Waals surface area contributed by atoms with Crippen LogP contribution in [0.2, 0.25) is 5.02 Å². The molecule has 0 aromatic heterocycles. The van der Waals surface area contributed by atoms with Gasteiger partial charge in [-0.25, -0.2) is 5.43 Å². The first-order chi connectivity index (χ1) is 12.5. The molecule has 26 heavy (non-hydrogen) atoms. The van der Waals surface area contributed by atoms with Gasteiger partial charge in [-0.05, 0) is 30.3 Å². The van der Waals surface area contributed by atoms with Crippen molar-refractivity contribution in [3.63, 3.8) is 0 Å². The minimum Gasteiger partial charge on any atom is -0.497 e. The van der Waals surface area contributed by atoms with Crippen LogP contribution in [0.5, 0.6) is 11.5 Å². The summed E-state index contributed by atoms with van der Waals surface area (Å²) in [4.78, 5) is 23.7. The third-order valence-electron chi connectivity index (χ3n) is 3.30. The zero-order valence-corrected chi connectivity index (χ0v) is 15.0. The van der Waals surface area contributed by atoms with E-state index in [-0.39, 0.29) is 0 Å². The fourth-order valence-corrected chi connectivity index (χ4v) is 2.24. The molecular formula is C18H18ClN3O4. The molecule has 0 atom stereocenters. The van der Waals surface area contributed by atoms with Gasteiger partial charge in [0.2, 0.25) is 11.8 Å². The number of halogens is 1. The Morgan fingerprint density at radius 2 is 1.88 bits per heavy atom. The standard InChI is InChI=1S/C18H18ClN3O4/c1-25-13-7-8-16(26-2)12(9-13)11-20-22-18(24)10-17(23)21-15-6-4-3-5-14(15)19/h3-9,11H,10H2,1-2H3,(H,21,23)(H,22,24). The van der Waals surface area contributed by atoms with Gasteiger partial charge < -0.3 is 14.8 Å². The Labute approximate surface area is 155 Å². The number of amides is 2. The molecule has 2 rings (SSSR count). The van der Waals surface area contributed by atoms with Crippen molar-refractivity contribution in [1.29, 1.82) is 0 Å². The summed E-state index contributed by atoms with van der Waals surface area (Å²) in [5.41, 5.74) is 3.35. The number of nitrogens with zero attached hydrogens (tertiary/aromatic N) is 1. The van der Waals surface area contributed by atoms with E-state index in [1.165, 1.54) is 13.3 Å². The number of anilines is 1. The van der Waals surface area contributed by atoms with Gasteiger partial charge in [0.15, 0.2) is 0 Å². The molecule has 0 spiro atoms. The fraction of sp³-hybridized carbons (Fsp3) is 0.167. The summed E-state index contributed by atoms with van der Waals surface area (Å²) in [6, 6.07) is 11.9. The molecular weight excluding hydrogens is 358 g/mol. The molecule has 2 aromatic carbocycles. The van der Waals surface area contributed by atoms with Gasteiger partial charge in [0.1, 0.15) is 17.9 Å². The van der Waals surface area contributed by atoms with Crippen molar-refractivity contribution in [2.45, 2.75) is 6.42 Å². The summed E-state index contributed by atoms with van der Waals surface area (Å²) in [5.74, 6) is 0.135. The second kappa shape index (κ2) is 9.43. The fourth-order valence-electron chi connectivity index (χ4n) is 2.06. The molecule has 0 fully saturated rings. The number of carbonyl (C=O) groups excluding carboxylic acids is 2. The monoisotopic (exact) mass is 375 g/mol. The van der Waals surface area contributed by atoms with Gasteiger partial charge in [0.05, 0.1) is 31.1 Å². The Bertz CT molecular complexity index is 824. The number of para-hydroxylation sites is 1. The van der Waals surface area contributed by atoms with Crippen LogP contribution in [-0.2, 0) is 9.59 Å². The zero-order valence-electron chi connectivity index (χ0n) is 14.3. The topological polar surface area (TPSA) is 89.0 Å². The van der Waals surface area contributed by atoms with Gasteiger partial charge >= 0.3 is 0 Å². The number of methoxy groups -OCH3 is 2. The highest BCUT2D eigenvalue weighted by Gasteiger charge is 2.10. The average molecular weight is 376 g/mol. The van der Waals surface area contributed by atoms with Crippen LogP contribution in [-0.4, -0.2) is 32.2 Å². The van der Waals surface area contributed by atoms with Gasteiger partial charge in [0.25, 0.3) is 0 Å². The molecule has 2 amide bonds. The lowest BCUT2D eigenvalue weighted by Crippen LogP contribution is -2.24. The third kappa shape index (κ3) is 5.49. The van der Waals surface area contributed by atoms with Gasteiger partial charge in [-0.2, -0.15) is 5.10 Å². The van der Waals surface area contributed by atoms with Crippen LogP contribution < -0.4 is 20.2 Å². The van der Waals surface area contributed by atoms with Gasteiger partial charge in [-0.1, -0.05) is 23.7 Å². The summed E-state index contributed by atoms with van der Waals surface area (Å²) in [5, 5.41) is 6.79. The van der Waals surface area contributed by atoms with Crippen LogP contribution in [0.25, 0.3) is 0 Å². The number of ether oxygens (including phenoxy) is 2. The van der Waals surface area contributed by atoms with E-state index in [0.717, 1.165) is 0 Å². The first kappa shape index (κ1) is 19.3. The molecule has 0 radical (unpaired) electrons. The predicted octanol–water partition coefficient (Wildman–Crippen LogP) is 2.84. The molecule has 0 aliphatic heterocycles. The predicted molar refractivity (Wildman–Crippen MR) is 100.0 cm³/mol. The van der Waals surface area contributed by atoms with Crippen molar-refractivity contribution in [1.82, 2.24) is 5.43 Å². The van der Waals surface area contributed by atoms with Crippen LogP contribution in [0.3, 0.4) is 0 Å². The largest absolute Gasteiger partial charge is 0.497 e. The highest BCUT2D eigenvalue weighted by atomic mass is 35.5. The molecule has 0 bridgehead atoms. The van der Waals surface area contributed by atoms with Gasteiger partial charge in [0, 0.05) is 5.56 Å². The summed E-state index contributed by atoms with van der Waals surface area (Å²) in [6.45, 7) is 0. The van der Waals surface area contributed by atoms with E-state index in [9.17, 15) is 9.59 Å². The Morgan fingerprint density at radius 1 is 1.12 bits per heavy atom. The SMILES string of the molecule is COc1ccc(OC)c(C=NNC(=O)CC(=O)Nc2ccccc2Cl)c1. The lowest BCUT2D eigenvalue weighted by molar-refractivity contribution is -0.126. The number of hydrogen-bond donors (Lipinski definition) is 2. The van der Waals surface area contributed by atoms with E-state index in [1.54, 1.807) is 49.6 Å². The van der Waals surface area contributed by atoms with Crippen molar-refractivity contribution < 1.29 is 19.1 Å². The maximum Gasteiger partial charge on any atom is 0.249 e. The maximum atomic E-state index is 11.9. The number of carbonyl (C=O) groups is 2. The van der Waals surface area contributed by atoms with Crippen LogP contribution >= 0.6 is 11.6 Å². The van der Waals surface area contributed by atoms with Crippen molar-refractivity contribution >= 4 is 35.3 Å².